The van der Waals surface area contributed by atoms with E-state index in [4.69, 9.17) is 39.5 Å². The summed E-state index contributed by atoms with van der Waals surface area (Å²) in [6.45, 7) is 1.65. The van der Waals surface area contributed by atoms with Crippen LogP contribution in [0.25, 0.3) is 0 Å². The number of guanidine groups is 2. The van der Waals surface area contributed by atoms with Gasteiger partial charge in [-0.3, -0.25) is 34.0 Å². The fraction of sp³-hybridized carbons (Fsp3) is 0.650. The van der Waals surface area contributed by atoms with Crippen molar-refractivity contribution in [1.29, 1.82) is 0 Å². The van der Waals surface area contributed by atoms with Crippen molar-refractivity contribution < 1.29 is 29.1 Å². The summed E-state index contributed by atoms with van der Waals surface area (Å²) in [5, 5.41) is 16.2. The first kappa shape index (κ1) is 32.9. The lowest BCUT2D eigenvalue weighted by Crippen LogP contribution is -2.57. The van der Waals surface area contributed by atoms with Crippen LogP contribution in [0.2, 0.25) is 0 Å². The number of nitrogens with zero attached hydrogens (tertiary/aromatic N) is 2. The van der Waals surface area contributed by atoms with Gasteiger partial charge < -0.3 is 55.5 Å². The molecule has 0 aromatic carbocycles. The van der Waals surface area contributed by atoms with E-state index in [1.165, 1.54) is 6.92 Å². The lowest BCUT2D eigenvalue weighted by molar-refractivity contribution is -0.142. The van der Waals surface area contributed by atoms with Gasteiger partial charge >= 0.3 is 5.97 Å². The molecule has 0 bridgehead atoms. The minimum absolute atomic E-state index is 0.0742. The van der Waals surface area contributed by atoms with Gasteiger partial charge in [-0.25, -0.2) is 0 Å². The van der Waals surface area contributed by atoms with Crippen molar-refractivity contribution in [2.45, 2.75) is 69.6 Å². The van der Waals surface area contributed by atoms with Gasteiger partial charge in [-0.2, -0.15) is 0 Å². The molecule has 0 aliphatic carbocycles. The maximum atomic E-state index is 13.0. The number of nitrogens with one attached hydrogen (secondary N) is 3. The van der Waals surface area contributed by atoms with Crippen LogP contribution in [0.3, 0.4) is 0 Å². The van der Waals surface area contributed by atoms with E-state index in [0.717, 1.165) is 0 Å². The number of aliphatic imine (C=N–C) groups is 2. The van der Waals surface area contributed by atoms with E-state index in [9.17, 15) is 24.0 Å². The highest BCUT2D eigenvalue weighted by molar-refractivity contribution is 5.94. The van der Waals surface area contributed by atoms with Crippen LogP contribution in [0.1, 0.15) is 45.4 Å². The molecule has 0 aliphatic heterocycles. The molecule has 0 aromatic heterocycles. The molecule has 4 amide bonds. The molecular formula is C20H39N11O6. The third kappa shape index (κ3) is 15.5. The van der Waals surface area contributed by atoms with Gasteiger partial charge in [0.1, 0.15) is 18.1 Å². The van der Waals surface area contributed by atoms with Crippen molar-refractivity contribution in [3.63, 3.8) is 0 Å². The van der Waals surface area contributed by atoms with Gasteiger partial charge in [0, 0.05) is 19.5 Å². The number of rotatable bonds is 18. The predicted octanol–water partition coefficient (Wildman–Crippen LogP) is -4.75. The molecule has 0 saturated heterocycles. The van der Waals surface area contributed by atoms with Crippen LogP contribution < -0.4 is 50.4 Å². The molecule has 0 aliphatic rings. The minimum atomic E-state index is -1.30. The first-order valence-corrected chi connectivity index (χ1v) is 11.5. The summed E-state index contributed by atoms with van der Waals surface area (Å²) < 4.78 is 0. The van der Waals surface area contributed by atoms with Gasteiger partial charge in [0.05, 0.1) is 6.04 Å². The molecule has 37 heavy (non-hydrogen) atoms. The zero-order valence-electron chi connectivity index (χ0n) is 20.8. The van der Waals surface area contributed by atoms with E-state index >= 15 is 0 Å². The Labute approximate surface area is 214 Å². The fourth-order valence-corrected chi connectivity index (χ4v) is 2.91. The molecule has 0 radical (unpaired) electrons. The lowest BCUT2D eigenvalue weighted by atomic mass is 10.1. The predicted molar refractivity (Wildman–Crippen MR) is 135 cm³/mol. The molecule has 4 unspecified atom stereocenters. The standard InChI is InChI=1S/C20H39N11O6/c1-10(18(36)37)29-16(34)13(6-7-14(22)32)31-17(35)12(5-3-9-28-20(25)26)30-15(33)11(21)4-2-8-27-19(23)24/h10-13H,2-9,21H2,1H3,(H2,22,32)(H,29,34)(H,30,33)(H,31,35)(H,36,37)(H4,23,24,27)(H4,25,26,28). The molecule has 0 rings (SSSR count). The van der Waals surface area contributed by atoms with Gasteiger partial charge in [-0.1, -0.05) is 0 Å². The topological polar surface area (TPSA) is 323 Å². The highest BCUT2D eigenvalue weighted by Crippen LogP contribution is 2.05. The summed E-state index contributed by atoms with van der Waals surface area (Å²) in [5.74, 6) is -4.51. The molecule has 0 fully saturated rings. The number of hydrogen-bond donors (Lipinski definition) is 10. The maximum absolute atomic E-state index is 13.0. The minimum Gasteiger partial charge on any atom is -0.480 e. The molecule has 17 nitrogen and oxygen atoms in total. The Morgan fingerprint density at radius 1 is 0.730 bits per heavy atom. The SMILES string of the molecule is CC(NC(=O)C(CCC(N)=O)NC(=O)C(CCCN=C(N)N)NC(=O)C(N)CCCN=C(N)N)C(=O)O. The van der Waals surface area contributed by atoms with Crippen molar-refractivity contribution in [2.24, 2.45) is 44.4 Å². The Hall–Kier alpha value is -4.15. The number of carbonyl (C=O) groups excluding carboxylic acids is 4. The third-order valence-electron chi connectivity index (χ3n) is 4.92. The van der Waals surface area contributed by atoms with E-state index in [1.807, 2.05) is 0 Å². The van der Waals surface area contributed by atoms with E-state index in [1.54, 1.807) is 0 Å². The number of carboxylic acids is 1. The van der Waals surface area contributed by atoms with E-state index in [-0.39, 0.29) is 57.1 Å². The van der Waals surface area contributed by atoms with Crippen LogP contribution in [-0.4, -0.2) is 83.9 Å². The zero-order chi connectivity index (χ0) is 28.5. The van der Waals surface area contributed by atoms with E-state index in [2.05, 4.69) is 25.9 Å². The van der Waals surface area contributed by atoms with Gasteiger partial charge in [0.25, 0.3) is 0 Å². The second kappa shape index (κ2) is 17.3. The molecular weight excluding hydrogens is 490 g/mol. The van der Waals surface area contributed by atoms with Gasteiger partial charge in [0.2, 0.25) is 23.6 Å². The van der Waals surface area contributed by atoms with Crippen LogP contribution in [0.4, 0.5) is 0 Å². The third-order valence-corrected chi connectivity index (χ3v) is 4.92. The van der Waals surface area contributed by atoms with Crippen LogP contribution >= 0.6 is 0 Å². The van der Waals surface area contributed by atoms with Gasteiger partial charge in [-0.15, -0.1) is 0 Å². The molecule has 17 heteroatoms. The fourth-order valence-electron chi connectivity index (χ4n) is 2.91. The molecule has 0 saturated carbocycles. The maximum Gasteiger partial charge on any atom is 0.325 e. The van der Waals surface area contributed by atoms with Crippen molar-refractivity contribution in [3.05, 3.63) is 0 Å². The lowest BCUT2D eigenvalue weighted by Gasteiger charge is -2.24. The smallest absolute Gasteiger partial charge is 0.325 e. The first-order valence-electron chi connectivity index (χ1n) is 11.5. The number of primary amides is 1. The highest BCUT2D eigenvalue weighted by Gasteiger charge is 2.29. The average molecular weight is 530 g/mol. The number of amides is 4. The quantitative estimate of drug-likeness (QED) is 0.0456. The Bertz CT molecular complexity index is 856. The van der Waals surface area contributed by atoms with Crippen LogP contribution in [0.5, 0.6) is 0 Å². The Morgan fingerprint density at radius 2 is 1.19 bits per heavy atom. The Balaban J connectivity index is 5.48. The van der Waals surface area contributed by atoms with Gasteiger partial charge in [-0.05, 0) is 39.0 Å². The number of nitrogens with two attached hydrogens (primary N) is 6. The van der Waals surface area contributed by atoms with Crippen molar-refractivity contribution in [2.75, 3.05) is 13.1 Å². The van der Waals surface area contributed by atoms with Gasteiger partial charge in [0.15, 0.2) is 11.9 Å². The number of carboxylic acid groups (broad SMARTS) is 1. The average Bonchev–Trinajstić information content (AvgIpc) is 2.80. The summed E-state index contributed by atoms with van der Waals surface area (Å²) in [4.78, 5) is 68.1. The summed E-state index contributed by atoms with van der Waals surface area (Å²) in [6.07, 6.45) is 0.530. The molecule has 16 N–H and O–H groups in total. The molecule has 210 valence electrons. The summed E-state index contributed by atoms with van der Waals surface area (Å²) in [5.41, 5.74) is 32.2. The number of hydrogen-bond acceptors (Lipinski definition) is 8. The van der Waals surface area contributed by atoms with Crippen LogP contribution in [0, 0.1) is 0 Å². The molecule has 0 aromatic rings. The molecule has 0 spiro atoms. The number of carbonyl (C=O) groups is 5. The largest absolute Gasteiger partial charge is 0.480 e. The van der Waals surface area contributed by atoms with E-state index < -0.39 is 53.8 Å². The highest BCUT2D eigenvalue weighted by atomic mass is 16.4. The molecule has 4 atom stereocenters. The van der Waals surface area contributed by atoms with E-state index in [0.29, 0.717) is 6.42 Å². The summed E-state index contributed by atoms with van der Waals surface area (Å²) in [7, 11) is 0. The Morgan fingerprint density at radius 3 is 1.68 bits per heavy atom. The second-order valence-corrected chi connectivity index (χ2v) is 8.20. The second-order valence-electron chi connectivity index (χ2n) is 8.20. The van der Waals surface area contributed by atoms with Crippen molar-refractivity contribution >= 4 is 41.5 Å². The Kier molecular flexibility index (Phi) is 15.4. The normalized spacial score (nSPS) is 13.7. The van der Waals surface area contributed by atoms with Crippen LogP contribution in [0.15, 0.2) is 9.98 Å². The van der Waals surface area contributed by atoms with Crippen molar-refractivity contribution in [3.8, 4) is 0 Å². The first-order chi connectivity index (χ1) is 17.2. The number of aliphatic carboxylic acids is 1. The van der Waals surface area contributed by atoms with Crippen LogP contribution in [-0.2, 0) is 24.0 Å². The zero-order valence-corrected chi connectivity index (χ0v) is 20.8. The molecule has 0 heterocycles. The monoisotopic (exact) mass is 529 g/mol. The summed E-state index contributed by atoms with van der Waals surface area (Å²) >= 11 is 0. The summed E-state index contributed by atoms with van der Waals surface area (Å²) in [6, 6.07) is -4.68. The van der Waals surface area contributed by atoms with Crippen molar-refractivity contribution in [1.82, 2.24) is 16.0 Å².